The number of rotatable bonds is 5. The van der Waals surface area contributed by atoms with Gasteiger partial charge >= 0.3 is 0 Å². The molecule has 4 heterocycles. The van der Waals surface area contributed by atoms with E-state index in [0.717, 1.165) is 21.8 Å². The topological polar surface area (TPSA) is 78.3 Å². The second-order valence-corrected chi connectivity index (χ2v) is 9.46. The molecule has 0 fully saturated rings. The average Bonchev–Trinajstić information content (AvgIpc) is 3.63. The van der Waals surface area contributed by atoms with E-state index in [1.807, 2.05) is 73.0 Å². The Bertz CT molecular complexity index is 1560. The summed E-state index contributed by atoms with van der Waals surface area (Å²) in [5.41, 5.74) is 4.31. The summed E-state index contributed by atoms with van der Waals surface area (Å²) in [7, 11) is 0. The maximum absolute atomic E-state index is 13.5. The number of hydrogen-bond acceptors (Lipinski definition) is 6. The molecule has 0 atom stereocenters. The number of halogens is 1. The molecule has 0 bridgehead atoms. The SMILES string of the molecule is Cc1nn(-c2ccc(Cl)cc2)c2nc(-c3cccs3)cc(C(=O)NCc3ccc4c(c3)OCO4)c12. The van der Waals surface area contributed by atoms with Crippen molar-refractivity contribution >= 4 is 39.9 Å². The molecule has 1 N–H and O–H groups in total. The third kappa shape index (κ3) is 4.00. The summed E-state index contributed by atoms with van der Waals surface area (Å²) in [6, 6.07) is 18.8. The zero-order valence-corrected chi connectivity index (χ0v) is 20.2. The first kappa shape index (κ1) is 21.6. The Morgan fingerprint density at radius 3 is 2.74 bits per heavy atom. The molecule has 0 radical (unpaired) electrons. The molecule has 7 nitrogen and oxygen atoms in total. The number of amides is 1. The molecule has 1 aliphatic rings. The predicted octanol–water partition coefficient (Wildman–Crippen LogP) is 5.77. The van der Waals surface area contributed by atoms with Gasteiger partial charge in [0.15, 0.2) is 17.1 Å². The van der Waals surface area contributed by atoms with Crippen LogP contribution in [0.4, 0.5) is 0 Å². The highest BCUT2D eigenvalue weighted by Crippen LogP contribution is 2.33. The Labute approximate surface area is 209 Å². The van der Waals surface area contributed by atoms with E-state index in [4.69, 9.17) is 31.2 Å². The van der Waals surface area contributed by atoms with E-state index in [9.17, 15) is 4.79 Å². The zero-order chi connectivity index (χ0) is 23.9. The van der Waals surface area contributed by atoms with Crippen molar-refractivity contribution in [3.63, 3.8) is 0 Å². The molecule has 1 amide bonds. The van der Waals surface area contributed by atoms with Crippen LogP contribution in [0.5, 0.6) is 11.5 Å². The third-order valence-electron chi connectivity index (χ3n) is 5.79. The van der Waals surface area contributed by atoms with Crippen LogP contribution in [0.1, 0.15) is 21.6 Å². The summed E-state index contributed by atoms with van der Waals surface area (Å²) < 4.78 is 12.6. The molecule has 6 rings (SSSR count). The van der Waals surface area contributed by atoms with E-state index >= 15 is 0 Å². The molecule has 174 valence electrons. The van der Waals surface area contributed by atoms with E-state index < -0.39 is 0 Å². The molecule has 9 heteroatoms. The van der Waals surface area contributed by atoms with Crippen LogP contribution in [-0.4, -0.2) is 27.5 Å². The number of benzene rings is 2. The standard InChI is InChI=1S/C26H19ClN4O3S/c1-15-24-19(26(32)28-13-16-4-9-21-22(11-16)34-14-33-21)12-20(23-3-2-10-35-23)29-25(24)31(30-15)18-7-5-17(27)6-8-18/h2-12H,13-14H2,1H3,(H,28,32). The number of aromatic nitrogens is 3. The maximum atomic E-state index is 13.5. The van der Waals surface area contributed by atoms with Crippen LogP contribution in [0.2, 0.25) is 5.02 Å². The fourth-order valence-corrected chi connectivity index (χ4v) is 4.92. The van der Waals surface area contributed by atoms with Crippen LogP contribution in [0.15, 0.2) is 66.0 Å². The van der Waals surface area contributed by atoms with Crippen LogP contribution in [0.25, 0.3) is 27.3 Å². The van der Waals surface area contributed by atoms with Crippen LogP contribution >= 0.6 is 22.9 Å². The average molecular weight is 503 g/mol. The summed E-state index contributed by atoms with van der Waals surface area (Å²) >= 11 is 7.66. The van der Waals surface area contributed by atoms with Crippen molar-refractivity contribution in [1.29, 1.82) is 0 Å². The first-order valence-electron chi connectivity index (χ1n) is 10.9. The van der Waals surface area contributed by atoms with Gasteiger partial charge in [-0.25, -0.2) is 9.67 Å². The summed E-state index contributed by atoms with van der Waals surface area (Å²) in [5, 5.41) is 11.1. The van der Waals surface area contributed by atoms with Gasteiger partial charge in [0.2, 0.25) is 6.79 Å². The lowest BCUT2D eigenvalue weighted by Gasteiger charge is -2.10. The third-order valence-corrected chi connectivity index (χ3v) is 6.94. The number of fused-ring (bicyclic) bond motifs is 2. The molecular formula is C26H19ClN4O3S. The normalized spacial score (nSPS) is 12.3. The lowest BCUT2D eigenvalue weighted by Crippen LogP contribution is -2.23. The maximum Gasteiger partial charge on any atom is 0.252 e. The first-order valence-corrected chi connectivity index (χ1v) is 12.2. The van der Waals surface area contributed by atoms with Gasteiger partial charge in [-0.1, -0.05) is 23.7 Å². The van der Waals surface area contributed by atoms with Gasteiger partial charge in [0, 0.05) is 11.6 Å². The van der Waals surface area contributed by atoms with Gasteiger partial charge in [-0.3, -0.25) is 4.79 Å². The van der Waals surface area contributed by atoms with Crippen molar-refractivity contribution in [1.82, 2.24) is 20.1 Å². The highest BCUT2D eigenvalue weighted by molar-refractivity contribution is 7.13. The van der Waals surface area contributed by atoms with Gasteiger partial charge in [0.05, 0.1) is 32.9 Å². The molecule has 0 unspecified atom stereocenters. The largest absolute Gasteiger partial charge is 0.454 e. The van der Waals surface area contributed by atoms with E-state index in [0.29, 0.717) is 45.4 Å². The zero-order valence-electron chi connectivity index (χ0n) is 18.6. The second kappa shape index (κ2) is 8.72. The second-order valence-electron chi connectivity index (χ2n) is 8.07. The molecule has 5 aromatic rings. The number of ether oxygens (including phenoxy) is 2. The van der Waals surface area contributed by atoms with Gasteiger partial charge in [-0.15, -0.1) is 11.3 Å². The Morgan fingerprint density at radius 2 is 1.94 bits per heavy atom. The minimum atomic E-state index is -0.202. The van der Waals surface area contributed by atoms with Crippen LogP contribution in [-0.2, 0) is 6.54 Å². The molecule has 0 saturated heterocycles. The Morgan fingerprint density at radius 1 is 1.11 bits per heavy atom. The fourth-order valence-electron chi connectivity index (χ4n) is 4.11. The Hall–Kier alpha value is -3.88. The molecular weight excluding hydrogens is 484 g/mol. The molecule has 35 heavy (non-hydrogen) atoms. The van der Waals surface area contributed by atoms with Gasteiger partial charge in [0.1, 0.15) is 0 Å². The van der Waals surface area contributed by atoms with Crippen LogP contribution < -0.4 is 14.8 Å². The Balaban J connectivity index is 1.41. The van der Waals surface area contributed by atoms with Crippen molar-refractivity contribution in [3.05, 3.63) is 87.9 Å². The number of pyridine rings is 1. The molecule has 2 aromatic carbocycles. The van der Waals surface area contributed by atoms with Crippen LogP contribution in [0.3, 0.4) is 0 Å². The smallest absolute Gasteiger partial charge is 0.252 e. The number of aryl methyl sites for hydroxylation is 1. The Kier molecular flexibility index (Phi) is 5.39. The van der Waals surface area contributed by atoms with Crippen molar-refractivity contribution in [3.8, 4) is 27.8 Å². The monoisotopic (exact) mass is 502 g/mol. The van der Waals surface area contributed by atoms with E-state index in [-0.39, 0.29) is 12.7 Å². The minimum Gasteiger partial charge on any atom is -0.454 e. The summed E-state index contributed by atoms with van der Waals surface area (Å²) in [6.45, 7) is 2.44. The van der Waals surface area contributed by atoms with Crippen molar-refractivity contribution in [2.75, 3.05) is 6.79 Å². The van der Waals surface area contributed by atoms with Gasteiger partial charge in [0.25, 0.3) is 5.91 Å². The highest BCUT2D eigenvalue weighted by Gasteiger charge is 2.21. The molecule has 0 saturated carbocycles. The van der Waals surface area contributed by atoms with Crippen LogP contribution in [0, 0.1) is 6.92 Å². The predicted molar refractivity (Wildman–Crippen MR) is 136 cm³/mol. The number of thiophene rings is 1. The first-order chi connectivity index (χ1) is 17.1. The van der Waals surface area contributed by atoms with Gasteiger partial charge in [-0.2, -0.15) is 5.10 Å². The number of nitrogens with one attached hydrogen (secondary N) is 1. The lowest BCUT2D eigenvalue weighted by molar-refractivity contribution is 0.0952. The van der Waals surface area contributed by atoms with E-state index in [1.165, 1.54) is 0 Å². The van der Waals surface area contributed by atoms with Crippen molar-refractivity contribution in [2.45, 2.75) is 13.5 Å². The van der Waals surface area contributed by atoms with Crippen molar-refractivity contribution < 1.29 is 14.3 Å². The minimum absolute atomic E-state index is 0.202. The molecule has 1 aliphatic heterocycles. The van der Waals surface area contributed by atoms with E-state index in [1.54, 1.807) is 16.0 Å². The van der Waals surface area contributed by atoms with Gasteiger partial charge in [-0.05, 0) is 66.4 Å². The summed E-state index contributed by atoms with van der Waals surface area (Å²) in [5.74, 6) is 1.19. The highest BCUT2D eigenvalue weighted by atomic mass is 35.5. The quantitative estimate of drug-likeness (QED) is 0.330. The van der Waals surface area contributed by atoms with Gasteiger partial charge < -0.3 is 14.8 Å². The van der Waals surface area contributed by atoms with Crippen molar-refractivity contribution in [2.24, 2.45) is 0 Å². The molecule has 0 aliphatic carbocycles. The fraction of sp³-hybridized carbons (Fsp3) is 0.115. The lowest BCUT2D eigenvalue weighted by atomic mass is 10.1. The van der Waals surface area contributed by atoms with E-state index in [2.05, 4.69) is 5.32 Å². The summed E-state index contributed by atoms with van der Waals surface area (Å²) in [6.07, 6.45) is 0. The summed E-state index contributed by atoms with van der Waals surface area (Å²) in [4.78, 5) is 19.4. The molecule has 3 aromatic heterocycles. The molecule has 0 spiro atoms. The number of carbonyl (C=O) groups excluding carboxylic acids is 1. The number of carbonyl (C=O) groups is 1. The number of nitrogens with zero attached hydrogens (tertiary/aromatic N) is 3. The number of hydrogen-bond donors (Lipinski definition) is 1.